The van der Waals surface area contributed by atoms with Crippen molar-refractivity contribution in [2.75, 3.05) is 24.6 Å². The number of carbonyl (C=O) groups excluding carboxylic acids is 9. The number of phenolic OH excluding ortho intramolecular Hbond substituents is 1. The minimum Gasteiger partial charge on any atom is -0.508 e. The zero-order valence-corrected chi connectivity index (χ0v) is 55.0. The first-order chi connectivity index (χ1) is 45.0. The second-order valence-electron chi connectivity index (χ2n) is 24.3. The van der Waals surface area contributed by atoms with Gasteiger partial charge in [0.15, 0.2) is 5.78 Å². The van der Waals surface area contributed by atoms with E-state index in [9.17, 15) is 52.2 Å². The number of nitrogens with one attached hydrogen (secondary N) is 7. The fraction of sp³-hybridized carbons (Fsp3) is 0.412. The van der Waals surface area contributed by atoms with Crippen LogP contribution in [-0.2, 0) is 69.1 Å². The predicted octanol–water partition coefficient (Wildman–Crippen LogP) is 6.50. The zero-order chi connectivity index (χ0) is 67.2. The topological polar surface area (TPSA) is 330 Å². The number of nitrogens with zero attached hydrogens (tertiary/aromatic N) is 2. The largest absolute Gasteiger partial charge is 0.508 e. The van der Waals surface area contributed by atoms with E-state index in [4.69, 9.17) is 11.5 Å². The van der Waals surface area contributed by atoms with Gasteiger partial charge in [-0.05, 0) is 147 Å². The molecule has 4 bridgehead atoms. The summed E-state index contributed by atoms with van der Waals surface area (Å²) in [7, 11) is 0. The molecule has 26 heteroatoms. The predicted molar refractivity (Wildman–Crippen MR) is 358 cm³/mol. The van der Waals surface area contributed by atoms with Gasteiger partial charge in [-0.15, -0.1) is 11.3 Å². The number of halogens is 2. The van der Waals surface area contributed by atoms with E-state index < -0.39 is 107 Å². The molecule has 21 nitrogen and oxygen atoms in total. The number of thiazole rings is 1. The van der Waals surface area contributed by atoms with Crippen LogP contribution in [0.1, 0.15) is 126 Å². The number of carbonyl (C=O) groups is 9. The van der Waals surface area contributed by atoms with Crippen LogP contribution in [0.5, 0.6) is 5.75 Å². The normalized spacial score (nSPS) is 23.8. The Labute approximate surface area is 556 Å². The lowest BCUT2D eigenvalue weighted by atomic mass is 9.86. The minimum absolute atomic E-state index is 0.0183. The highest BCUT2D eigenvalue weighted by atomic mass is 32.2. The summed E-state index contributed by atoms with van der Waals surface area (Å²) < 4.78 is 29.7. The van der Waals surface area contributed by atoms with Gasteiger partial charge in [-0.1, -0.05) is 48.5 Å². The molecule has 8 amide bonds. The van der Waals surface area contributed by atoms with Gasteiger partial charge in [-0.2, -0.15) is 23.5 Å². The van der Waals surface area contributed by atoms with Crippen LogP contribution in [0.25, 0.3) is 16.5 Å². The molecule has 12 N–H and O–H groups in total. The zero-order valence-electron chi connectivity index (χ0n) is 52.5. The first-order valence-electron chi connectivity index (χ1n) is 31.4. The maximum absolute atomic E-state index is 15.0. The molecular formula is C68H79F2N11O10S3. The van der Waals surface area contributed by atoms with Gasteiger partial charge in [-0.3, -0.25) is 43.2 Å². The second kappa shape index (κ2) is 32.1. The van der Waals surface area contributed by atoms with Gasteiger partial charge in [-0.25, -0.2) is 13.8 Å². The van der Waals surface area contributed by atoms with Crippen LogP contribution in [0, 0.1) is 17.6 Å². The molecule has 94 heavy (non-hydrogen) atoms. The molecule has 0 unspecified atom stereocenters. The van der Waals surface area contributed by atoms with Crippen molar-refractivity contribution in [3.63, 3.8) is 0 Å². The van der Waals surface area contributed by atoms with Crippen molar-refractivity contribution in [2.24, 2.45) is 17.4 Å². The van der Waals surface area contributed by atoms with E-state index in [1.165, 1.54) is 84.0 Å². The molecule has 6 aromatic rings. The van der Waals surface area contributed by atoms with Crippen molar-refractivity contribution < 1.29 is 57.0 Å². The highest BCUT2D eigenvalue weighted by Crippen LogP contribution is 2.35. The second-order valence-corrected chi connectivity index (χ2v) is 27.5. The van der Waals surface area contributed by atoms with Gasteiger partial charge >= 0.3 is 0 Å². The Hall–Kier alpha value is -8.46. The number of ketones is 1. The monoisotopic (exact) mass is 1340 g/mol. The van der Waals surface area contributed by atoms with Crippen molar-refractivity contribution in [3.05, 3.63) is 158 Å². The van der Waals surface area contributed by atoms with E-state index >= 15 is 4.79 Å². The molecule has 1 saturated heterocycles. The molecule has 8 atom stereocenters. The number of Topliss-reactive ketones (excluding diaryl/α,β-unsaturated/α-hetero) is 1. The summed E-state index contributed by atoms with van der Waals surface area (Å²) in [6.07, 6.45) is 6.46. The molecule has 2 aliphatic heterocycles. The molecule has 1 aliphatic carbocycles. The fourth-order valence-electron chi connectivity index (χ4n) is 11.9. The molecule has 498 valence electrons. The van der Waals surface area contributed by atoms with Crippen LogP contribution in [0.4, 0.5) is 8.78 Å². The average molecular weight is 1340 g/mol. The third-order valence-corrected chi connectivity index (χ3v) is 20.7. The number of thioether (sulfide) groups is 2. The number of fused-ring (bicyclic) bond motifs is 7. The molecule has 9 rings (SSSR count). The first-order valence-corrected chi connectivity index (χ1v) is 34.5. The Balaban J connectivity index is 1.02. The first kappa shape index (κ1) is 69.9. The molecule has 0 spiro atoms. The van der Waals surface area contributed by atoms with E-state index in [0.717, 1.165) is 28.0 Å². The van der Waals surface area contributed by atoms with Gasteiger partial charge in [0.25, 0.3) is 5.91 Å². The number of hydrogen-bond donors (Lipinski definition) is 10. The molecule has 2 aromatic heterocycles. The lowest BCUT2D eigenvalue weighted by Crippen LogP contribution is -2.58. The van der Waals surface area contributed by atoms with E-state index in [1.807, 2.05) is 30.3 Å². The van der Waals surface area contributed by atoms with E-state index in [0.29, 0.717) is 82.7 Å². The molecule has 4 heterocycles. The van der Waals surface area contributed by atoms with Crippen LogP contribution in [0.15, 0.2) is 103 Å². The highest BCUT2D eigenvalue weighted by molar-refractivity contribution is 7.98. The van der Waals surface area contributed by atoms with Crippen LogP contribution in [0.3, 0.4) is 0 Å². The molecular weight excluding hydrogens is 1270 g/mol. The summed E-state index contributed by atoms with van der Waals surface area (Å²) in [6.45, 7) is 5.21. The van der Waals surface area contributed by atoms with Crippen molar-refractivity contribution in [1.82, 2.24) is 46.8 Å². The molecule has 1 fully saturated rings. The molecule has 0 saturated carbocycles. The number of rotatable bonds is 11. The maximum atomic E-state index is 15.0. The number of aromatic nitrogens is 2. The number of hydrogen-bond acceptors (Lipinski definition) is 15. The molecule has 3 aliphatic rings. The standard InChI is InChI=1S/C68H79F2N11O10S3/c1-38-61(86)78-55(29-45-33-73-52-20-17-48(70)32-51(45)52)64(89)79-54(28-44-14-13-43-15-16-47(69)31-50(43)44)63(88)76-39(2)66-74-34-57(94-66)65(90)80-56(27-40-11-18-49(82)19-12-40)67(91)81-24-7-22-68(81,3)58(83)30-46(60(72)85)37-93-36-42-9-6-8-41(26-42)35-92-25-21-59(84)77-53(62(87)75-38)10-4-5-23-71/h6,8-9,11-12,14-20,26,31-34,38-39,46,53-56,73,82H,4-5,7,10,13,21-25,27-30,35-37,71H2,1-3H3,(H2,72,85)(H,75,87)(H,76,88)(H,77,84)(H,78,86)(H,79,89)(H,80,90)/t38-,39+,46+,53+,54+,55+,56+,68+/m1/s1. The summed E-state index contributed by atoms with van der Waals surface area (Å²) in [4.78, 5) is 138. The third-order valence-electron chi connectivity index (χ3n) is 17.3. The summed E-state index contributed by atoms with van der Waals surface area (Å²) in [5, 5.41) is 27.7. The number of phenols is 1. The van der Waals surface area contributed by atoms with Crippen molar-refractivity contribution in [2.45, 2.75) is 145 Å². The average Bonchev–Trinajstić information content (AvgIpc) is 1.60. The van der Waals surface area contributed by atoms with Gasteiger partial charge < -0.3 is 58.4 Å². The Morgan fingerprint density at radius 1 is 0.755 bits per heavy atom. The third kappa shape index (κ3) is 18.1. The quantitative estimate of drug-likeness (QED) is 0.0620. The number of aromatic hydroxyl groups is 1. The number of allylic oxidation sites excluding steroid dienone is 1. The number of amides is 8. The Morgan fingerprint density at radius 3 is 2.20 bits per heavy atom. The molecule has 4 aromatic carbocycles. The smallest absolute Gasteiger partial charge is 0.263 e. The van der Waals surface area contributed by atoms with Crippen LogP contribution < -0.4 is 43.4 Å². The summed E-state index contributed by atoms with van der Waals surface area (Å²) in [5.41, 5.74) is 15.7. The lowest BCUT2D eigenvalue weighted by molar-refractivity contribution is -0.145. The van der Waals surface area contributed by atoms with E-state index in [-0.39, 0.29) is 78.7 Å². The SMILES string of the molecule is C[C@@H]1NC(=O)[C@H](CC2=CCc3ccc(F)cc32)NC(=O)[C@H](Cc2c[nH]c3ccc(F)cc23)NC(=O)[C@@H](C)NC(=O)[C@H](CCCCN)NC(=O)CCSCc2cccc(c2)CSC[C@@H](C(N)=O)CC(=O)[C@]2(C)CCCN2C(=O)[C@H](Cc2ccc(O)cc2)NC(=O)c2cnc1s2. The number of benzene rings is 4. The number of H-pyrrole nitrogens is 1. The lowest BCUT2D eigenvalue weighted by Gasteiger charge is -2.37. The summed E-state index contributed by atoms with van der Waals surface area (Å²) in [6, 6.07) is 14.9. The van der Waals surface area contributed by atoms with Gasteiger partial charge in [0.2, 0.25) is 41.4 Å². The van der Waals surface area contributed by atoms with E-state index in [2.05, 4.69) is 41.9 Å². The fourth-order valence-corrected chi connectivity index (χ4v) is 14.8. The highest BCUT2D eigenvalue weighted by Gasteiger charge is 2.48. The minimum atomic E-state index is -1.47. The summed E-state index contributed by atoms with van der Waals surface area (Å²) in [5.74, 6) is -6.02. The number of aromatic amines is 1. The number of primary amides is 1. The van der Waals surface area contributed by atoms with Gasteiger partial charge in [0.05, 0.1) is 23.7 Å². The van der Waals surface area contributed by atoms with Crippen LogP contribution in [0.2, 0.25) is 0 Å². The van der Waals surface area contributed by atoms with Crippen molar-refractivity contribution in [3.8, 4) is 5.75 Å². The maximum Gasteiger partial charge on any atom is 0.263 e. The summed E-state index contributed by atoms with van der Waals surface area (Å²) >= 11 is 3.87. The Morgan fingerprint density at radius 2 is 1.45 bits per heavy atom. The van der Waals surface area contributed by atoms with Gasteiger partial charge in [0.1, 0.15) is 57.5 Å². The van der Waals surface area contributed by atoms with Crippen molar-refractivity contribution >= 4 is 104 Å². The van der Waals surface area contributed by atoms with E-state index in [1.54, 1.807) is 38.2 Å². The molecule has 0 radical (unpaired) electrons. The number of nitrogens with two attached hydrogens (primary N) is 2. The van der Waals surface area contributed by atoms with Crippen molar-refractivity contribution in [1.29, 1.82) is 0 Å². The van der Waals surface area contributed by atoms with Crippen LogP contribution in [-0.4, -0.2) is 133 Å². The number of unbranched alkanes of at least 4 members (excludes halogenated alkanes) is 1. The van der Waals surface area contributed by atoms with Crippen LogP contribution >= 0.6 is 34.9 Å². The Bertz CT molecular complexity index is 3830. The van der Waals surface area contributed by atoms with Gasteiger partial charge in [0, 0.05) is 78.8 Å². The Kier molecular flexibility index (Phi) is 23.9.